The van der Waals surface area contributed by atoms with E-state index in [1.165, 1.54) is 4.90 Å². The number of hydrogen-bond donors (Lipinski definition) is 0. The normalized spacial score (nSPS) is 15.2. The van der Waals surface area contributed by atoms with Crippen LogP contribution in [0.3, 0.4) is 0 Å². The van der Waals surface area contributed by atoms with Crippen molar-refractivity contribution in [3.8, 4) is 5.75 Å². The van der Waals surface area contributed by atoms with E-state index < -0.39 is 6.04 Å². The molecule has 0 N–H and O–H groups in total. The van der Waals surface area contributed by atoms with Gasteiger partial charge in [-0.25, -0.2) is 4.98 Å². The Kier molecular flexibility index (Phi) is 4.98. The molecule has 0 unspecified atom stereocenters. The van der Waals surface area contributed by atoms with E-state index in [1.54, 1.807) is 30.5 Å². The van der Waals surface area contributed by atoms with E-state index in [0.717, 1.165) is 17.5 Å². The van der Waals surface area contributed by atoms with Gasteiger partial charge in [-0.15, -0.1) is 0 Å². The fraction of sp³-hybridized carbons (Fsp3) is 0.192. The summed E-state index contributed by atoms with van der Waals surface area (Å²) in [5.74, 6) is 0.811. The van der Waals surface area contributed by atoms with E-state index in [0.29, 0.717) is 34.7 Å². The Labute approximate surface area is 185 Å². The molecule has 0 fully saturated rings. The summed E-state index contributed by atoms with van der Waals surface area (Å²) in [5.41, 5.74) is 2.22. The van der Waals surface area contributed by atoms with E-state index in [4.69, 9.17) is 9.15 Å². The molecule has 2 aromatic heterocycles. The summed E-state index contributed by atoms with van der Waals surface area (Å²) in [6.07, 6.45) is 2.50. The third-order valence-electron chi connectivity index (χ3n) is 5.57. The highest BCUT2D eigenvalue weighted by molar-refractivity contribution is 6.10. The average molecular weight is 426 g/mol. The number of rotatable bonds is 5. The summed E-state index contributed by atoms with van der Waals surface area (Å²) in [6.45, 7) is 4.54. The second-order valence-electron chi connectivity index (χ2n) is 7.86. The highest BCUT2D eigenvalue weighted by Crippen LogP contribution is 2.41. The van der Waals surface area contributed by atoms with Crippen LogP contribution in [0.4, 0.5) is 5.82 Å². The van der Waals surface area contributed by atoms with Crippen molar-refractivity contribution in [3.63, 3.8) is 0 Å². The zero-order chi connectivity index (χ0) is 22.2. The maximum Gasteiger partial charge on any atom is 0.296 e. The van der Waals surface area contributed by atoms with Crippen LogP contribution in [0.15, 0.2) is 76.1 Å². The number of ether oxygens (including phenoxy) is 1. The molecule has 6 nitrogen and oxygen atoms in total. The number of nitrogens with zero attached hydrogens (tertiary/aromatic N) is 2. The van der Waals surface area contributed by atoms with Crippen LogP contribution in [0.5, 0.6) is 5.75 Å². The number of benzene rings is 2. The molecule has 5 rings (SSSR count). The minimum atomic E-state index is -0.668. The molecule has 2 aromatic carbocycles. The van der Waals surface area contributed by atoms with Gasteiger partial charge in [0.25, 0.3) is 5.91 Å². The van der Waals surface area contributed by atoms with Gasteiger partial charge in [-0.2, -0.15) is 0 Å². The number of pyridine rings is 1. The Hall–Kier alpha value is -3.93. The number of carbonyl (C=O) groups excluding carboxylic acids is 1. The summed E-state index contributed by atoms with van der Waals surface area (Å²) < 4.78 is 11.8. The minimum absolute atomic E-state index is 0.0573. The Balaban J connectivity index is 1.76. The molecule has 1 aliphatic rings. The number of amides is 1. The van der Waals surface area contributed by atoms with Gasteiger partial charge in [0.2, 0.25) is 5.76 Å². The van der Waals surface area contributed by atoms with Gasteiger partial charge in [0, 0.05) is 6.20 Å². The van der Waals surface area contributed by atoms with Crippen molar-refractivity contribution in [1.29, 1.82) is 0 Å². The third-order valence-corrected chi connectivity index (χ3v) is 5.57. The first-order chi connectivity index (χ1) is 15.6. The molecular weight excluding hydrogens is 404 g/mol. The van der Waals surface area contributed by atoms with Gasteiger partial charge in [0.15, 0.2) is 5.43 Å². The lowest BCUT2D eigenvalue weighted by molar-refractivity contribution is 0.0970. The molecule has 0 radical (unpaired) electrons. The van der Waals surface area contributed by atoms with Gasteiger partial charge in [0.05, 0.1) is 23.6 Å². The van der Waals surface area contributed by atoms with Crippen molar-refractivity contribution in [2.45, 2.75) is 26.3 Å². The molecule has 1 atom stereocenters. The average Bonchev–Trinajstić information content (AvgIpc) is 3.11. The fourth-order valence-corrected chi connectivity index (χ4v) is 4.13. The van der Waals surface area contributed by atoms with Crippen LogP contribution in [0.25, 0.3) is 11.0 Å². The van der Waals surface area contributed by atoms with Crippen molar-refractivity contribution in [3.05, 3.63) is 99.5 Å². The Morgan fingerprint density at radius 3 is 2.72 bits per heavy atom. The van der Waals surface area contributed by atoms with Gasteiger partial charge in [-0.1, -0.05) is 36.8 Å². The number of aryl methyl sites for hydroxylation is 1. The molecule has 32 heavy (non-hydrogen) atoms. The number of carbonyl (C=O) groups is 1. The van der Waals surface area contributed by atoms with E-state index in [9.17, 15) is 9.59 Å². The van der Waals surface area contributed by atoms with Crippen LogP contribution in [0.2, 0.25) is 0 Å². The molecule has 0 spiro atoms. The van der Waals surface area contributed by atoms with Crippen LogP contribution in [0.1, 0.15) is 46.6 Å². The molecule has 3 heterocycles. The van der Waals surface area contributed by atoms with Crippen LogP contribution < -0.4 is 15.1 Å². The maximum absolute atomic E-state index is 13.6. The number of fused-ring (bicyclic) bond motifs is 2. The summed E-state index contributed by atoms with van der Waals surface area (Å²) in [4.78, 5) is 33.1. The molecule has 0 saturated heterocycles. The number of aromatic nitrogens is 1. The second-order valence-corrected chi connectivity index (χ2v) is 7.86. The predicted octanol–water partition coefficient (Wildman–Crippen LogP) is 5.04. The molecule has 1 amide bonds. The first-order valence-corrected chi connectivity index (χ1v) is 10.6. The van der Waals surface area contributed by atoms with Crippen LogP contribution in [-0.2, 0) is 0 Å². The number of hydrogen-bond acceptors (Lipinski definition) is 5. The minimum Gasteiger partial charge on any atom is -0.494 e. The maximum atomic E-state index is 13.6. The molecule has 6 heteroatoms. The molecule has 0 saturated carbocycles. The third kappa shape index (κ3) is 3.24. The molecule has 0 aliphatic carbocycles. The van der Waals surface area contributed by atoms with Crippen molar-refractivity contribution in [2.24, 2.45) is 0 Å². The van der Waals surface area contributed by atoms with Gasteiger partial charge >= 0.3 is 0 Å². The van der Waals surface area contributed by atoms with E-state index in [1.807, 2.05) is 50.2 Å². The second kappa shape index (κ2) is 7.96. The van der Waals surface area contributed by atoms with Gasteiger partial charge in [-0.05, 0) is 55.3 Å². The van der Waals surface area contributed by atoms with Gasteiger partial charge in [-0.3, -0.25) is 14.5 Å². The van der Waals surface area contributed by atoms with Crippen molar-refractivity contribution >= 4 is 22.7 Å². The van der Waals surface area contributed by atoms with Crippen LogP contribution in [-0.4, -0.2) is 17.5 Å². The molecule has 0 bridgehead atoms. The molecular formula is C26H22N2O4. The van der Waals surface area contributed by atoms with Crippen LogP contribution in [0, 0.1) is 6.92 Å². The largest absolute Gasteiger partial charge is 0.494 e. The first-order valence-electron chi connectivity index (χ1n) is 10.6. The molecule has 160 valence electrons. The summed E-state index contributed by atoms with van der Waals surface area (Å²) >= 11 is 0. The van der Waals surface area contributed by atoms with Crippen molar-refractivity contribution < 1.29 is 13.9 Å². The van der Waals surface area contributed by atoms with E-state index in [2.05, 4.69) is 4.98 Å². The topological polar surface area (TPSA) is 72.6 Å². The predicted molar refractivity (Wildman–Crippen MR) is 122 cm³/mol. The summed E-state index contributed by atoms with van der Waals surface area (Å²) in [7, 11) is 0. The molecule has 1 aliphatic heterocycles. The van der Waals surface area contributed by atoms with Crippen molar-refractivity contribution in [1.82, 2.24) is 4.98 Å². The van der Waals surface area contributed by atoms with Gasteiger partial charge in [0.1, 0.15) is 17.2 Å². The zero-order valence-electron chi connectivity index (χ0n) is 17.9. The highest BCUT2D eigenvalue weighted by Gasteiger charge is 2.44. The monoisotopic (exact) mass is 426 g/mol. The lowest BCUT2D eigenvalue weighted by atomic mass is 9.98. The number of anilines is 1. The van der Waals surface area contributed by atoms with Crippen molar-refractivity contribution in [2.75, 3.05) is 11.5 Å². The SMILES string of the molecule is CCCOc1cccc([C@H]2c3c(oc4ccc(C)cc4c3=O)C(=O)N2c2ccccn2)c1. The smallest absolute Gasteiger partial charge is 0.296 e. The summed E-state index contributed by atoms with van der Waals surface area (Å²) in [5, 5.41) is 0.461. The zero-order valence-corrected chi connectivity index (χ0v) is 17.9. The highest BCUT2D eigenvalue weighted by atomic mass is 16.5. The Bertz CT molecular complexity index is 1380. The Morgan fingerprint density at radius 2 is 1.94 bits per heavy atom. The Morgan fingerprint density at radius 1 is 1.06 bits per heavy atom. The lowest BCUT2D eigenvalue weighted by Crippen LogP contribution is -2.30. The van der Waals surface area contributed by atoms with Gasteiger partial charge < -0.3 is 9.15 Å². The quantitative estimate of drug-likeness (QED) is 0.447. The van der Waals surface area contributed by atoms with E-state index in [-0.39, 0.29) is 17.1 Å². The van der Waals surface area contributed by atoms with E-state index >= 15 is 0 Å². The standard InChI is InChI=1S/C26H22N2O4/c1-3-13-31-18-8-6-7-17(15-18)23-22-24(29)19-14-16(2)10-11-20(19)32-25(22)26(30)28(23)21-9-4-5-12-27-21/h4-12,14-15,23H,3,13H2,1-2H3/t23-/m0/s1. The fourth-order valence-electron chi connectivity index (χ4n) is 4.13. The lowest BCUT2D eigenvalue weighted by Gasteiger charge is -2.24. The van der Waals surface area contributed by atoms with Crippen LogP contribution >= 0.6 is 0 Å². The first kappa shape index (κ1) is 20.0. The molecule has 4 aromatic rings. The summed E-state index contributed by atoms with van der Waals surface area (Å²) in [6, 6.07) is 17.6.